The van der Waals surface area contributed by atoms with Crippen LogP contribution in [0.1, 0.15) is 6.92 Å². The summed E-state index contributed by atoms with van der Waals surface area (Å²) in [6, 6.07) is 7.64. The minimum atomic E-state index is -0.559. The molecule has 1 aromatic heterocycles. The van der Waals surface area contributed by atoms with E-state index in [1.807, 2.05) is 0 Å². The smallest absolute Gasteiger partial charge is 0.412 e. The maximum Gasteiger partial charge on any atom is 0.412 e. The fourth-order valence-corrected chi connectivity index (χ4v) is 1.73. The minimum absolute atomic E-state index is 0.0357. The highest BCUT2D eigenvalue weighted by molar-refractivity contribution is 6.31. The number of hydrogen-bond acceptors (Lipinski definition) is 4. The van der Waals surface area contributed by atoms with E-state index in [4.69, 9.17) is 16.3 Å². The van der Waals surface area contributed by atoms with Crippen LogP contribution >= 0.6 is 11.6 Å². The average Bonchev–Trinajstić information content (AvgIpc) is 2.45. The van der Waals surface area contributed by atoms with Crippen LogP contribution in [0.25, 0.3) is 0 Å². The summed E-state index contributed by atoms with van der Waals surface area (Å²) >= 11 is 5.70. The monoisotopic (exact) mass is 309 g/mol. The van der Waals surface area contributed by atoms with Gasteiger partial charge in [0.05, 0.1) is 23.5 Å². The van der Waals surface area contributed by atoms with Crippen LogP contribution in [0, 0.1) is 5.82 Å². The third-order valence-corrected chi connectivity index (χ3v) is 2.77. The molecule has 2 aromatic rings. The number of nitrogens with one attached hydrogen (secondary N) is 2. The van der Waals surface area contributed by atoms with Crippen molar-refractivity contribution in [2.45, 2.75) is 6.92 Å². The van der Waals surface area contributed by atoms with Crippen molar-refractivity contribution in [2.75, 3.05) is 17.2 Å². The molecule has 5 nitrogen and oxygen atoms in total. The Bertz CT molecular complexity index is 635. The van der Waals surface area contributed by atoms with Gasteiger partial charge in [0.2, 0.25) is 0 Å². The first-order valence-electron chi connectivity index (χ1n) is 6.20. The lowest BCUT2D eigenvalue weighted by atomic mass is 10.3. The molecule has 0 aliphatic carbocycles. The first-order chi connectivity index (χ1) is 10.1. The Labute approximate surface area is 126 Å². The summed E-state index contributed by atoms with van der Waals surface area (Å²) in [5.41, 5.74) is 1.31. The Morgan fingerprint density at radius 1 is 1.33 bits per heavy atom. The van der Waals surface area contributed by atoms with Gasteiger partial charge in [-0.15, -0.1) is 0 Å². The van der Waals surface area contributed by atoms with E-state index in [2.05, 4.69) is 15.6 Å². The predicted octanol–water partition coefficient (Wildman–Crippen LogP) is 4.19. The molecule has 7 heteroatoms. The van der Waals surface area contributed by atoms with Crippen LogP contribution < -0.4 is 10.6 Å². The van der Waals surface area contributed by atoms with Gasteiger partial charge in [0.15, 0.2) is 0 Å². The van der Waals surface area contributed by atoms with Gasteiger partial charge in [0.25, 0.3) is 0 Å². The lowest BCUT2D eigenvalue weighted by molar-refractivity contribution is 0.168. The third kappa shape index (κ3) is 4.32. The third-order valence-electron chi connectivity index (χ3n) is 2.48. The number of ether oxygens (including phenoxy) is 1. The highest BCUT2D eigenvalue weighted by Gasteiger charge is 2.04. The van der Waals surface area contributed by atoms with Crippen molar-refractivity contribution in [3.63, 3.8) is 0 Å². The summed E-state index contributed by atoms with van der Waals surface area (Å²) in [6.45, 7) is 2.00. The summed E-state index contributed by atoms with van der Waals surface area (Å²) < 4.78 is 17.8. The number of nitrogens with zero attached hydrogens (tertiary/aromatic N) is 1. The predicted molar refractivity (Wildman–Crippen MR) is 79.6 cm³/mol. The first kappa shape index (κ1) is 15.1. The lowest BCUT2D eigenvalue weighted by Gasteiger charge is -2.08. The molecular weight excluding hydrogens is 297 g/mol. The molecule has 0 atom stereocenters. The molecule has 0 aliphatic rings. The molecule has 21 heavy (non-hydrogen) atoms. The van der Waals surface area contributed by atoms with Crippen LogP contribution in [0.3, 0.4) is 0 Å². The van der Waals surface area contributed by atoms with E-state index in [-0.39, 0.29) is 11.6 Å². The molecular formula is C14H13ClFN3O2. The summed E-state index contributed by atoms with van der Waals surface area (Å²) in [4.78, 5) is 15.3. The number of benzene rings is 1. The largest absolute Gasteiger partial charge is 0.450 e. The second-order valence-electron chi connectivity index (χ2n) is 4.03. The van der Waals surface area contributed by atoms with Crippen LogP contribution in [0.2, 0.25) is 5.02 Å². The standard InChI is InChI=1S/C14H13ClFN3O2/c1-2-21-14(20)19-13-6-4-10(8-17-13)18-9-3-5-12(16)11(15)7-9/h3-8,18H,2H2,1H3,(H,17,19,20). The normalized spacial score (nSPS) is 10.0. The van der Waals surface area contributed by atoms with Crippen molar-refractivity contribution in [1.82, 2.24) is 4.98 Å². The molecule has 2 rings (SSSR count). The topological polar surface area (TPSA) is 63.2 Å². The maximum absolute atomic E-state index is 13.1. The van der Waals surface area contributed by atoms with Crippen molar-refractivity contribution in [1.29, 1.82) is 0 Å². The van der Waals surface area contributed by atoms with Gasteiger partial charge in [-0.25, -0.2) is 14.2 Å². The van der Waals surface area contributed by atoms with Crippen LogP contribution in [-0.2, 0) is 4.74 Å². The maximum atomic E-state index is 13.1. The van der Waals surface area contributed by atoms with Gasteiger partial charge in [-0.2, -0.15) is 0 Å². The zero-order chi connectivity index (χ0) is 15.2. The number of rotatable bonds is 4. The van der Waals surface area contributed by atoms with Crippen molar-refractivity contribution >= 4 is 34.9 Å². The Morgan fingerprint density at radius 3 is 2.71 bits per heavy atom. The SMILES string of the molecule is CCOC(=O)Nc1ccc(Nc2ccc(F)c(Cl)c2)cn1. The zero-order valence-corrected chi connectivity index (χ0v) is 11.9. The van der Waals surface area contributed by atoms with Gasteiger partial charge >= 0.3 is 6.09 Å². The number of halogens is 2. The van der Waals surface area contributed by atoms with E-state index in [9.17, 15) is 9.18 Å². The Morgan fingerprint density at radius 2 is 2.10 bits per heavy atom. The highest BCUT2D eigenvalue weighted by Crippen LogP contribution is 2.22. The summed E-state index contributed by atoms with van der Waals surface area (Å²) in [5.74, 6) is -0.106. The Hall–Kier alpha value is -2.34. The molecule has 0 spiro atoms. The molecule has 0 saturated carbocycles. The number of carbonyl (C=O) groups is 1. The van der Waals surface area contributed by atoms with E-state index in [0.717, 1.165) is 0 Å². The van der Waals surface area contributed by atoms with Crippen LogP contribution in [0.5, 0.6) is 0 Å². The van der Waals surface area contributed by atoms with Crippen molar-refractivity contribution < 1.29 is 13.9 Å². The van der Waals surface area contributed by atoms with Gasteiger partial charge in [0.1, 0.15) is 11.6 Å². The number of carbonyl (C=O) groups excluding carboxylic acids is 1. The van der Waals surface area contributed by atoms with E-state index >= 15 is 0 Å². The molecule has 1 amide bonds. The molecule has 0 radical (unpaired) electrons. The van der Waals surface area contributed by atoms with Gasteiger partial charge in [-0.05, 0) is 37.3 Å². The van der Waals surface area contributed by atoms with Crippen molar-refractivity contribution in [2.24, 2.45) is 0 Å². The van der Waals surface area contributed by atoms with Crippen LogP contribution in [-0.4, -0.2) is 17.7 Å². The Kier molecular flexibility index (Phi) is 4.94. The zero-order valence-electron chi connectivity index (χ0n) is 11.2. The first-order valence-corrected chi connectivity index (χ1v) is 6.58. The number of aromatic nitrogens is 1. The molecule has 0 unspecified atom stereocenters. The number of pyridine rings is 1. The van der Waals surface area contributed by atoms with Crippen LogP contribution in [0.15, 0.2) is 36.5 Å². The fourth-order valence-electron chi connectivity index (χ4n) is 1.55. The van der Waals surface area contributed by atoms with Gasteiger partial charge in [-0.3, -0.25) is 5.32 Å². The van der Waals surface area contributed by atoms with Crippen LogP contribution in [0.4, 0.5) is 26.4 Å². The van der Waals surface area contributed by atoms with E-state index in [1.165, 1.54) is 18.3 Å². The minimum Gasteiger partial charge on any atom is -0.450 e. The van der Waals surface area contributed by atoms with Gasteiger partial charge in [0, 0.05) is 5.69 Å². The molecule has 110 valence electrons. The molecule has 0 bridgehead atoms. The Balaban J connectivity index is 2.01. The summed E-state index contributed by atoms with van der Waals surface area (Å²) in [5, 5.41) is 5.54. The van der Waals surface area contributed by atoms with E-state index < -0.39 is 11.9 Å². The number of hydrogen-bond donors (Lipinski definition) is 2. The molecule has 0 saturated heterocycles. The van der Waals surface area contributed by atoms with E-state index in [0.29, 0.717) is 17.2 Å². The second kappa shape index (κ2) is 6.90. The average molecular weight is 310 g/mol. The quantitative estimate of drug-likeness (QED) is 0.889. The molecule has 2 N–H and O–H groups in total. The lowest BCUT2D eigenvalue weighted by Crippen LogP contribution is -2.14. The van der Waals surface area contributed by atoms with Crippen molar-refractivity contribution in [3.8, 4) is 0 Å². The number of amides is 1. The molecule has 1 heterocycles. The molecule has 0 aliphatic heterocycles. The molecule has 0 fully saturated rings. The highest BCUT2D eigenvalue weighted by atomic mass is 35.5. The summed E-state index contributed by atoms with van der Waals surface area (Å²) in [6.07, 6.45) is 0.967. The van der Waals surface area contributed by atoms with Gasteiger partial charge in [-0.1, -0.05) is 11.6 Å². The number of anilines is 3. The second-order valence-corrected chi connectivity index (χ2v) is 4.44. The van der Waals surface area contributed by atoms with Crippen molar-refractivity contribution in [3.05, 3.63) is 47.4 Å². The van der Waals surface area contributed by atoms with E-state index in [1.54, 1.807) is 25.1 Å². The fraction of sp³-hybridized carbons (Fsp3) is 0.143. The molecule has 1 aromatic carbocycles. The van der Waals surface area contributed by atoms with Gasteiger partial charge < -0.3 is 10.1 Å². The summed E-state index contributed by atoms with van der Waals surface area (Å²) in [7, 11) is 0.